The van der Waals surface area contributed by atoms with Gasteiger partial charge in [-0.2, -0.15) is 0 Å². The maximum atomic E-state index is 6.34. The van der Waals surface area contributed by atoms with Gasteiger partial charge in [0.2, 0.25) is 0 Å². The number of rotatable bonds is 7. The van der Waals surface area contributed by atoms with Gasteiger partial charge in [-0.1, -0.05) is 17.7 Å². The molecule has 0 aliphatic heterocycles. The van der Waals surface area contributed by atoms with Crippen molar-refractivity contribution < 1.29 is 9.47 Å². The highest BCUT2D eigenvalue weighted by molar-refractivity contribution is 6.33. The third-order valence-electron chi connectivity index (χ3n) is 2.79. The molecule has 0 fully saturated rings. The molecule has 19 heavy (non-hydrogen) atoms. The SMILES string of the molecule is C#CCCNC(CN)c1ccc(OC)c(OC)c1Cl. The maximum absolute atomic E-state index is 6.34. The minimum Gasteiger partial charge on any atom is -0.493 e. The first kappa shape index (κ1) is 15.6. The van der Waals surface area contributed by atoms with Crippen LogP contribution in [0.1, 0.15) is 18.0 Å². The van der Waals surface area contributed by atoms with Crippen LogP contribution in [0.15, 0.2) is 12.1 Å². The summed E-state index contributed by atoms with van der Waals surface area (Å²) in [6, 6.07) is 3.62. The molecule has 1 unspecified atom stereocenters. The minimum absolute atomic E-state index is 0.0688. The van der Waals surface area contributed by atoms with Gasteiger partial charge in [-0.25, -0.2) is 0 Å². The first-order chi connectivity index (χ1) is 9.19. The zero-order valence-corrected chi connectivity index (χ0v) is 12.0. The van der Waals surface area contributed by atoms with Gasteiger partial charge in [-0.15, -0.1) is 12.3 Å². The molecular formula is C14H19ClN2O2. The first-order valence-electron chi connectivity index (χ1n) is 5.96. The molecule has 0 amide bonds. The molecule has 0 heterocycles. The summed E-state index contributed by atoms with van der Waals surface area (Å²) in [5, 5.41) is 3.77. The second-order valence-electron chi connectivity index (χ2n) is 3.90. The molecule has 0 aliphatic carbocycles. The van der Waals surface area contributed by atoms with Gasteiger partial charge in [0.25, 0.3) is 0 Å². The summed E-state index contributed by atoms with van der Waals surface area (Å²) >= 11 is 6.34. The average molecular weight is 283 g/mol. The minimum atomic E-state index is -0.0688. The van der Waals surface area contributed by atoms with Crippen molar-refractivity contribution in [2.75, 3.05) is 27.3 Å². The van der Waals surface area contributed by atoms with E-state index in [9.17, 15) is 0 Å². The molecule has 5 heteroatoms. The molecule has 0 radical (unpaired) electrons. The number of hydrogen-bond donors (Lipinski definition) is 2. The molecule has 104 valence electrons. The number of halogens is 1. The molecule has 0 bridgehead atoms. The molecule has 1 atom stereocenters. The van der Waals surface area contributed by atoms with Crippen LogP contribution in [0, 0.1) is 12.3 Å². The summed E-state index contributed by atoms with van der Waals surface area (Å²) in [6.07, 6.45) is 5.86. The molecule has 1 aromatic rings. The van der Waals surface area contributed by atoms with E-state index in [1.807, 2.05) is 12.1 Å². The lowest BCUT2D eigenvalue weighted by Crippen LogP contribution is -2.29. The molecule has 0 saturated heterocycles. The summed E-state index contributed by atoms with van der Waals surface area (Å²) in [6.45, 7) is 1.10. The highest BCUT2D eigenvalue weighted by atomic mass is 35.5. The van der Waals surface area contributed by atoms with E-state index in [1.54, 1.807) is 14.2 Å². The predicted octanol–water partition coefficient (Wildman–Crippen LogP) is 1.97. The van der Waals surface area contributed by atoms with E-state index < -0.39 is 0 Å². The van der Waals surface area contributed by atoms with E-state index >= 15 is 0 Å². The fraction of sp³-hybridized carbons (Fsp3) is 0.429. The van der Waals surface area contributed by atoms with Crippen LogP contribution in [0.4, 0.5) is 0 Å². The van der Waals surface area contributed by atoms with Gasteiger partial charge in [0.1, 0.15) is 0 Å². The van der Waals surface area contributed by atoms with Crippen LogP contribution in [-0.4, -0.2) is 27.3 Å². The highest BCUT2D eigenvalue weighted by Gasteiger charge is 2.18. The van der Waals surface area contributed by atoms with Gasteiger partial charge in [0.05, 0.1) is 19.2 Å². The fourth-order valence-corrected chi connectivity index (χ4v) is 2.18. The Morgan fingerprint density at radius 3 is 2.68 bits per heavy atom. The van der Waals surface area contributed by atoms with E-state index in [0.717, 1.165) is 5.56 Å². The summed E-state index contributed by atoms with van der Waals surface area (Å²) in [5.74, 6) is 3.68. The van der Waals surface area contributed by atoms with Crippen LogP contribution in [0.25, 0.3) is 0 Å². The number of ether oxygens (including phenoxy) is 2. The largest absolute Gasteiger partial charge is 0.493 e. The Morgan fingerprint density at radius 1 is 1.42 bits per heavy atom. The lowest BCUT2D eigenvalue weighted by molar-refractivity contribution is 0.354. The average Bonchev–Trinajstić information content (AvgIpc) is 2.44. The third kappa shape index (κ3) is 3.77. The number of nitrogens with one attached hydrogen (secondary N) is 1. The molecule has 0 spiro atoms. The topological polar surface area (TPSA) is 56.5 Å². The molecule has 1 aromatic carbocycles. The van der Waals surface area contributed by atoms with Crippen molar-refractivity contribution in [2.45, 2.75) is 12.5 Å². The number of nitrogens with two attached hydrogens (primary N) is 1. The van der Waals surface area contributed by atoms with Crippen molar-refractivity contribution in [3.8, 4) is 23.8 Å². The van der Waals surface area contributed by atoms with Gasteiger partial charge in [-0.3, -0.25) is 0 Å². The zero-order chi connectivity index (χ0) is 14.3. The normalized spacial score (nSPS) is 11.7. The Morgan fingerprint density at radius 2 is 2.16 bits per heavy atom. The van der Waals surface area contributed by atoms with Gasteiger partial charge in [-0.05, 0) is 11.6 Å². The molecular weight excluding hydrogens is 264 g/mol. The maximum Gasteiger partial charge on any atom is 0.179 e. The number of hydrogen-bond acceptors (Lipinski definition) is 4. The molecule has 3 N–H and O–H groups in total. The van der Waals surface area contributed by atoms with E-state index in [1.165, 1.54) is 0 Å². The van der Waals surface area contributed by atoms with E-state index in [-0.39, 0.29) is 6.04 Å². The smallest absolute Gasteiger partial charge is 0.179 e. The Hall–Kier alpha value is -1.41. The van der Waals surface area contributed by atoms with Gasteiger partial charge in [0, 0.05) is 25.6 Å². The van der Waals surface area contributed by atoms with Crippen LogP contribution in [-0.2, 0) is 0 Å². The zero-order valence-electron chi connectivity index (χ0n) is 11.2. The van der Waals surface area contributed by atoms with E-state index in [2.05, 4.69) is 11.2 Å². The van der Waals surface area contributed by atoms with Gasteiger partial charge < -0.3 is 20.5 Å². The fourth-order valence-electron chi connectivity index (χ4n) is 1.81. The summed E-state index contributed by atoms with van der Waals surface area (Å²) in [5.41, 5.74) is 6.65. The molecule has 0 aromatic heterocycles. The summed E-state index contributed by atoms with van der Waals surface area (Å²) in [7, 11) is 3.12. The first-order valence-corrected chi connectivity index (χ1v) is 6.34. The van der Waals surface area contributed by atoms with Gasteiger partial charge >= 0.3 is 0 Å². The molecule has 0 aliphatic rings. The van der Waals surface area contributed by atoms with Crippen LogP contribution < -0.4 is 20.5 Å². The number of terminal acetylenes is 1. The lowest BCUT2D eigenvalue weighted by atomic mass is 10.1. The van der Waals surface area contributed by atoms with Crippen molar-refractivity contribution in [1.82, 2.24) is 5.32 Å². The second kappa shape index (κ2) is 7.90. The number of benzene rings is 1. The summed E-state index contributed by atoms with van der Waals surface area (Å²) in [4.78, 5) is 0. The molecule has 1 rings (SSSR count). The van der Waals surface area contributed by atoms with Crippen LogP contribution >= 0.6 is 11.6 Å². The van der Waals surface area contributed by atoms with Crippen LogP contribution in [0.3, 0.4) is 0 Å². The second-order valence-corrected chi connectivity index (χ2v) is 4.28. The monoisotopic (exact) mass is 282 g/mol. The predicted molar refractivity (Wildman–Crippen MR) is 77.8 cm³/mol. The number of methoxy groups -OCH3 is 2. The van der Waals surface area contributed by atoms with Gasteiger partial charge in [0.15, 0.2) is 11.5 Å². The van der Waals surface area contributed by atoms with Crippen molar-refractivity contribution in [3.05, 3.63) is 22.7 Å². The van der Waals surface area contributed by atoms with Crippen molar-refractivity contribution >= 4 is 11.6 Å². The van der Waals surface area contributed by atoms with Crippen molar-refractivity contribution in [3.63, 3.8) is 0 Å². The molecule has 0 saturated carbocycles. The summed E-state index contributed by atoms with van der Waals surface area (Å²) < 4.78 is 10.5. The molecule has 4 nitrogen and oxygen atoms in total. The van der Waals surface area contributed by atoms with Crippen molar-refractivity contribution in [2.24, 2.45) is 5.73 Å². The Kier molecular flexibility index (Phi) is 6.51. The third-order valence-corrected chi connectivity index (χ3v) is 3.18. The lowest BCUT2D eigenvalue weighted by Gasteiger charge is -2.20. The Balaban J connectivity index is 3.01. The van der Waals surface area contributed by atoms with Crippen molar-refractivity contribution in [1.29, 1.82) is 0 Å². The van der Waals surface area contributed by atoms with E-state index in [4.69, 9.17) is 33.2 Å². The quantitative estimate of drug-likeness (QED) is 0.593. The Bertz CT molecular complexity index is 457. The van der Waals surface area contributed by atoms with Crippen LogP contribution in [0.2, 0.25) is 5.02 Å². The van der Waals surface area contributed by atoms with Crippen LogP contribution in [0.5, 0.6) is 11.5 Å². The Labute approximate surface area is 119 Å². The standard InChI is InChI=1S/C14H19ClN2O2/c1-4-5-8-17-11(9-16)10-6-7-12(18-2)14(19-3)13(10)15/h1,6-7,11,17H,5,8-9,16H2,2-3H3. The van der Waals surface area contributed by atoms with E-state index in [0.29, 0.717) is 36.0 Å². The highest BCUT2D eigenvalue weighted by Crippen LogP contribution is 2.39.